The summed E-state index contributed by atoms with van der Waals surface area (Å²) in [6.07, 6.45) is 2.82. The Labute approximate surface area is 272 Å². The van der Waals surface area contributed by atoms with Gasteiger partial charge < -0.3 is 15.1 Å². The Hall–Kier alpha value is -5.65. The first kappa shape index (κ1) is 32.3. The number of aromatic nitrogens is 2. The summed E-state index contributed by atoms with van der Waals surface area (Å²) in [4.78, 5) is 55.9. The fourth-order valence-electron chi connectivity index (χ4n) is 5.56. The predicted molar refractivity (Wildman–Crippen MR) is 167 cm³/mol. The van der Waals surface area contributed by atoms with Gasteiger partial charge in [-0.25, -0.2) is 23.1 Å². The molecule has 2 amide bonds. The highest BCUT2D eigenvalue weighted by Gasteiger charge is 2.21. The van der Waals surface area contributed by atoms with Crippen LogP contribution in [0.25, 0.3) is 11.0 Å². The Kier molecular flexibility index (Phi) is 9.42. The summed E-state index contributed by atoms with van der Waals surface area (Å²) in [6, 6.07) is 17.5. The van der Waals surface area contributed by atoms with Gasteiger partial charge in [0.15, 0.2) is 0 Å². The second-order valence-corrected chi connectivity index (χ2v) is 11.5. The highest BCUT2D eigenvalue weighted by atomic mass is 19.1. The number of aryl methyl sites for hydroxylation is 2. The molecule has 2 aliphatic rings. The smallest absolute Gasteiger partial charge is 0.270 e. The number of hydrogen-bond acceptors (Lipinski definition) is 7. The topological polar surface area (TPSA) is 131 Å². The van der Waals surface area contributed by atoms with Crippen LogP contribution in [0.3, 0.4) is 0 Å². The van der Waals surface area contributed by atoms with Crippen molar-refractivity contribution in [3.05, 3.63) is 129 Å². The molecular formula is C36H29F3N4O5. The van der Waals surface area contributed by atoms with Crippen molar-refractivity contribution in [1.82, 2.24) is 20.6 Å². The molecule has 2 aliphatic carbocycles. The van der Waals surface area contributed by atoms with Gasteiger partial charge in [-0.1, -0.05) is 30.3 Å². The van der Waals surface area contributed by atoms with Gasteiger partial charge in [-0.15, -0.1) is 0 Å². The number of ketones is 2. The van der Waals surface area contributed by atoms with Crippen LogP contribution in [0.1, 0.15) is 67.7 Å². The Morgan fingerprint density at radius 1 is 0.688 bits per heavy atom. The van der Waals surface area contributed by atoms with E-state index in [4.69, 9.17) is 4.42 Å². The van der Waals surface area contributed by atoms with E-state index in [0.717, 1.165) is 27.8 Å². The minimum atomic E-state index is -1.07. The van der Waals surface area contributed by atoms with Crippen molar-refractivity contribution in [2.24, 2.45) is 0 Å². The number of carbonyl (C=O) groups excluding carboxylic acids is 4. The zero-order chi connectivity index (χ0) is 33.8. The summed E-state index contributed by atoms with van der Waals surface area (Å²) < 4.78 is 45.6. The Balaban J connectivity index is 0.000000167. The molecule has 0 saturated carbocycles. The fourth-order valence-corrected chi connectivity index (χ4v) is 5.56. The minimum absolute atomic E-state index is 0.0583. The van der Waals surface area contributed by atoms with Crippen LogP contribution in [0, 0.1) is 17.5 Å². The summed E-state index contributed by atoms with van der Waals surface area (Å²) in [5, 5.41) is 6.17. The number of rotatable bonds is 6. The molecule has 0 unspecified atom stereocenters. The van der Waals surface area contributed by atoms with Gasteiger partial charge in [-0.2, -0.15) is 0 Å². The maximum Gasteiger partial charge on any atom is 0.270 e. The monoisotopic (exact) mass is 654 g/mol. The van der Waals surface area contributed by atoms with E-state index in [1.165, 1.54) is 6.07 Å². The van der Waals surface area contributed by atoms with Crippen molar-refractivity contribution in [3.63, 3.8) is 0 Å². The number of amides is 2. The second kappa shape index (κ2) is 14.0. The van der Waals surface area contributed by atoms with E-state index in [-0.39, 0.29) is 29.6 Å². The van der Waals surface area contributed by atoms with E-state index < -0.39 is 35.5 Å². The predicted octanol–water partition coefficient (Wildman–Crippen LogP) is 5.30. The van der Waals surface area contributed by atoms with Gasteiger partial charge in [0.1, 0.15) is 51.7 Å². The minimum Gasteiger partial charge on any atom is -0.459 e. The van der Waals surface area contributed by atoms with E-state index in [2.05, 4.69) is 20.6 Å². The third-order valence-corrected chi connectivity index (χ3v) is 8.11. The van der Waals surface area contributed by atoms with Crippen molar-refractivity contribution in [3.8, 4) is 0 Å². The molecule has 7 rings (SSSR count). The van der Waals surface area contributed by atoms with Crippen LogP contribution in [0.2, 0.25) is 0 Å². The maximum absolute atomic E-state index is 13.5. The highest BCUT2D eigenvalue weighted by molar-refractivity contribution is 5.93. The van der Waals surface area contributed by atoms with Crippen molar-refractivity contribution in [1.29, 1.82) is 0 Å². The van der Waals surface area contributed by atoms with Crippen molar-refractivity contribution in [2.45, 2.75) is 51.6 Å². The molecule has 2 N–H and O–H groups in total. The third kappa shape index (κ3) is 7.49. The quantitative estimate of drug-likeness (QED) is 0.254. The number of pyridine rings is 2. The number of carbonyl (C=O) groups is 4. The molecule has 244 valence electrons. The van der Waals surface area contributed by atoms with Gasteiger partial charge in [0.25, 0.3) is 11.8 Å². The summed E-state index contributed by atoms with van der Waals surface area (Å²) in [5.74, 6) is -3.14. The SMILES string of the molecule is O=C1CCc2ccc(C(=O)NCc3c(F)cc(F)cc3F)nc2C1.O=C1CCc2ccc(C(=O)NCc3cc4ccccc4o3)nc2C1. The third-order valence-electron chi connectivity index (χ3n) is 8.11. The molecule has 3 aromatic heterocycles. The standard InChI is InChI=1S/C19H16N2O3.C17H13F3N2O2/c22-14-7-5-12-6-8-16(21-17(12)10-14)19(23)20-11-15-9-13-3-1-2-4-18(13)24-15;18-10-5-13(19)12(14(20)6-10)8-21-17(24)15-4-2-9-1-3-11(23)7-16(9)22-15/h1-4,6,8-9H,5,7,10-11H2,(H,20,23);2,4-6H,1,3,7-8H2,(H,21,24). The molecule has 0 atom stereocenters. The zero-order valence-corrected chi connectivity index (χ0v) is 25.6. The van der Waals surface area contributed by atoms with Crippen LogP contribution < -0.4 is 10.6 Å². The molecule has 0 fully saturated rings. The average Bonchev–Trinajstić information content (AvgIpc) is 3.49. The molecule has 48 heavy (non-hydrogen) atoms. The second-order valence-electron chi connectivity index (χ2n) is 11.5. The number of para-hydroxylation sites is 1. The number of benzene rings is 2. The van der Waals surface area contributed by atoms with Crippen LogP contribution in [0.5, 0.6) is 0 Å². The van der Waals surface area contributed by atoms with Crippen LogP contribution >= 0.6 is 0 Å². The number of hydrogen-bond donors (Lipinski definition) is 2. The molecule has 5 aromatic rings. The number of furan rings is 1. The molecule has 0 radical (unpaired) electrons. The molecule has 0 saturated heterocycles. The highest BCUT2D eigenvalue weighted by Crippen LogP contribution is 2.21. The van der Waals surface area contributed by atoms with Gasteiger partial charge in [0, 0.05) is 55.3 Å². The number of halogens is 3. The number of Topliss-reactive ketones (excluding diaryl/α,β-unsaturated/α-hetero) is 2. The van der Waals surface area contributed by atoms with E-state index >= 15 is 0 Å². The van der Waals surface area contributed by atoms with Gasteiger partial charge >= 0.3 is 0 Å². The lowest BCUT2D eigenvalue weighted by molar-refractivity contribution is -0.119. The molecule has 3 heterocycles. The van der Waals surface area contributed by atoms with E-state index in [9.17, 15) is 32.3 Å². The molecule has 9 nitrogen and oxygen atoms in total. The van der Waals surface area contributed by atoms with E-state index in [0.29, 0.717) is 67.9 Å². The molecule has 0 aliphatic heterocycles. The van der Waals surface area contributed by atoms with Gasteiger partial charge in [0.05, 0.1) is 17.9 Å². The Morgan fingerprint density at radius 2 is 1.23 bits per heavy atom. The number of nitrogens with one attached hydrogen (secondary N) is 2. The van der Waals surface area contributed by atoms with Crippen LogP contribution in [-0.2, 0) is 48.4 Å². The van der Waals surface area contributed by atoms with Crippen LogP contribution in [0.15, 0.2) is 71.1 Å². The first-order valence-electron chi connectivity index (χ1n) is 15.3. The van der Waals surface area contributed by atoms with E-state index in [1.54, 1.807) is 12.1 Å². The van der Waals surface area contributed by atoms with Crippen molar-refractivity contribution in [2.75, 3.05) is 0 Å². The van der Waals surface area contributed by atoms with Gasteiger partial charge in [-0.05, 0) is 48.2 Å². The molecular weight excluding hydrogens is 625 g/mol. The summed E-state index contributed by atoms with van der Waals surface area (Å²) in [7, 11) is 0. The Morgan fingerprint density at radius 3 is 1.79 bits per heavy atom. The molecule has 0 spiro atoms. The fraction of sp³-hybridized carbons (Fsp3) is 0.222. The van der Waals surface area contributed by atoms with Crippen LogP contribution in [-0.4, -0.2) is 33.3 Å². The average molecular weight is 655 g/mol. The van der Waals surface area contributed by atoms with Crippen molar-refractivity contribution >= 4 is 34.4 Å². The maximum atomic E-state index is 13.5. The summed E-state index contributed by atoms with van der Waals surface area (Å²) in [6.45, 7) is -0.139. The zero-order valence-electron chi connectivity index (χ0n) is 25.6. The lowest BCUT2D eigenvalue weighted by Crippen LogP contribution is -2.26. The molecule has 12 heteroatoms. The normalized spacial score (nSPS) is 13.6. The van der Waals surface area contributed by atoms with Crippen molar-refractivity contribution < 1.29 is 36.8 Å². The Bertz CT molecular complexity index is 2020. The summed E-state index contributed by atoms with van der Waals surface area (Å²) >= 11 is 0. The van der Waals surface area contributed by atoms with Gasteiger partial charge in [-0.3, -0.25) is 19.2 Å². The first-order chi connectivity index (χ1) is 23.1. The molecule has 0 bridgehead atoms. The lowest BCUT2D eigenvalue weighted by Gasteiger charge is -2.14. The van der Waals surface area contributed by atoms with Crippen LogP contribution in [0.4, 0.5) is 13.2 Å². The summed E-state index contributed by atoms with van der Waals surface area (Å²) in [5.41, 5.74) is 4.02. The number of fused-ring (bicyclic) bond motifs is 3. The molecule has 2 aromatic carbocycles. The lowest BCUT2D eigenvalue weighted by atomic mass is 9.95. The largest absolute Gasteiger partial charge is 0.459 e. The van der Waals surface area contributed by atoms with E-state index in [1.807, 2.05) is 36.4 Å². The first-order valence-corrected chi connectivity index (χ1v) is 15.3. The number of nitrogens with zero attached hydrogens (tertiary/aromatic N) is 2. The van der Waals surface area contributed by atoms with Gasteiger partial charge in [0.2, 0.25) is 0 Å².